The predicted molar refractivity (Wildman–Crippen MR) is 120 cm³/mol. The highest BCUT2D eigenvalue weighted by Crippen LogP contribution is 2.32. The van der Waals surface area contributed by atoms with Gasteiger partial charge in [0.25, 0.3) is 5.91 Å². The van der Waals surface area contributed by atoms with Gasteiger partial charge in [-0.25, -0.2) is 9.97 Å². The van der Waals surface area contributed by atoms with Crippen LogP contribution in [-0.4, -0.2) is 51.3 Å². The number of pyridine rings is 2. The Morgan fingerprint density at radius 2 is 2.06 bits per heavy atom. The molecule has 9 heteroatoms. The second-order valence-electron chi connectivity index (χ2n) is 7.62. The van der Waals surface area contributed by atoms with Crippen molar-refractivity contribution in [3.05, 3.63) is 47.4 Å². The number of fused-ring (bicyclic) bond motifs is 1. The van der Waals surface area contributed by atoms with E-state index in [1.807, 2.05) is 47.8 Å². The first-order chi connectivity index (χ1) is 15.1. The molecule has 3 aromatic rings. The fourth-order valence-corrected chi connectivity index (χ4v) is 3.76. The van der Waals surface area contributed by atoms with E-state index in [4.69, 9.17) is 9.97 Å². The molecule has 1 aliphatic heterocycles. The Kier molecular flexibility index (Phi) is 5.94. The van der Waals surface area contributed by atoms with Gasteiger partial charge >= 0.3 is 0 Å². The van der Waals surface area contributed by atoms with Crippen LogP contribution in [0.15, 0.2) is 30.6 Å². The van der Waals surface area contributed by atoms with Gasteiger partial charge in [0.2, 0.25) is 0 Å². The van der Waals surface area contributed by atoms with E-state index < -0.39 is 0 Å². The molecule has 0 saturated heterocycles. The molecule has 162 valence electrons. The van der Waals surface area contributed by atoms with Crippen molar-refractivity contribution in [1.82, 2.24) is 30.0 Å². The van der Waals surface area contributed by atoms with Crippen molar-refractivity contribution in [3.8, 4) is 11.5 Å². The van der Waals surface area contributed by atoms with E-state index in [0.717, 1.165) is 36.6 Å². The minimum Gasteiger partial charge on any atom is -0.360 e. The monoisotopic (exact) mass is 420 g/mol. The highest BCUT2D eigenvalue weighted by Gasteiger charge is 2.33. The van der Waals surface area contributed by atoms with Crippen molar-refractivity contribution in [2.24, 2.45) is 0 Å². The topological polar surface area (TPSA) is 92.1 Å². The summed E-state index contributed by atoms with van der Waals surface area (Å²) in [6.07, 6.45) is 2.69. The van der Waals surface area contributed by atoms with Gasteiger partial charge in [-0.2, -0.15) is 0 Å². The minimum absolute atomic E-state index is 0.0554. The number of hydrogen-bond donors (Lipinski definition) is 1. The summed E-state index contributed by atoms with van der Waals surface area (Å²) in [7, 11) is 3.86. The van der Waals surface area contributed by atoms with Crippen molar-refractivity contribution in [1.29, 1.82) is 0 Å². The van der Waals surface area contributed by atoms with Crippen LogP contribution in [0.5, 0.6) is 0 Å². The van der Waals surface area contributed by atoms with E-state index >= 15 is 0 Å². The molecule has 0 saturated carbocycles. The summed E-state index contributed by atoms with van der Waals surface area (Å²) in [5.74, 6) is 2.05. The number of anilines is 2. The number of nitrogens with one attached hydrogen (secondary N) is 1. The molecular formula is C22H28N8O. The van der Waals surface area contributed by atoms with Crippen LogP contribution in [0.2, 0.25) is 0 Å². The lowest BCUT2D eigenvalue weighted by molar-refractivity contribution is 0.0996. The molecule has 0 atom stereocenters. The standard InChI is InChI=1S/C22H28N8O/c1-5-10-29-14-24-27-21(29)17-8-7-9-19(25-17)30-13-16-15(22(30)31)11-20(28(4)6-2)26-18(16)12-23-3/h7-9,11,14,23H,5-6,10,12-13H2,1-4H3. The predicted octanol–water partition coefficient (Wildman–Crippen LogP) is 2.48. The maximum absolute atomic E-state index is 13.4. The van der Waals surface area contributed by atoms with Crippen LogP contribution in [0, 0.1) is 0 Å². The average molecular weight is 421 g/mol. The van der Waals surface area contributed by atoms with Crippen molar-refractivity contribution in [2.75, 3.05) is 30.4 Å². The summed E-state index contributed by atoms with van der Waals surface area (Å²) in [5.41, 5.74) is 3.24. The largest absolute Gasteiger partial charge is 0.360 e. The fourth-order valence-electron chi connectivity index (χ4n) is 3.76. The Labute approximate surface area is 182 Å². The van der Waals surface area contributed by atoms with E-state index in [9.17, 15) is 4.79 Å². The van der Waals surface area contributed by atoms with Gasteiger partial charge in [0.15, 0.2) is 5.82 Å². The van der Waals surface area contributed by atoms with Crippen molar-refractivity contribution in [2.45, 2.75) is 39.9 Å². The van der Waals surface area contributed by atoms with E-state index in [1.54, 1.807) is 11.2 Å². The quantitative estimate of drug-likeness (QED) is 0.598. The van der Waals surface area contributed by atoms with Gasteiger partial charge in [-0.15, -0.1) is 10.2 Å². The highest BCUT2D eigenvalue weighted by molar-refractivity contribution is 6.10. The first kappa shape index (κ1) is 20.9. The van der Waals surface area contributed by atoms with Gasteiger partial charge < -0.3 is 14.8 Å². The molecule has 0 aliphatic carbocycles. The zero-order valence-electron chi connectivity index (χ0n) is 18.5. The molecule has 1 aliphatic rings. The second-order valence-corrected chi connectivity index (χ2v) is 7.62. The molecule has 0 fully saturated rings. The molecule has 9 nitrogen and oxygen atoms in total. The SMILES string of the molecule is CCCn1cnnc1-c1cccc(N2Cc3c(cc(N(C)CC)nc3CNC)C2=O)n1. The number of nitrogens with zero attached hydrogens (tertiary/aromatic N) is 7. The van der Waals surface area contributed by atoms with Crippen molar-refractivity contribution < 1.29 is 4.79 Å². The van der Waals surface area contributed by atoms with Crippen LogP contribution >= 0.6 is 0 Å². The summed E-state index contributed by atoms with van der Waals surface area (Å²) >= 11 is 0. The van der Waals surface area contributed by atoms with Gasteiger partial charge in [0.1, 0.15) is 23.7 Å². The molecule has 0 aromatic carbocycles. The van der Waals surface area contributed by atoms with Crippen molar-refractivity contribution >= 4 is 17.5 Å². The molecule has 1 amide bonds. The molecule has 0 spiro atoms. The lowest BCUT2D eigenvalue weighted by Gasteiger charge is -2.18. The van der Waals surface area contributed by atoms with Crippen LogP contribution in [0.25, 0.3) is 11.5 Å². The van der Waals surface area contributed by atoms with Crippen LogP contribution in [0.3, 0.4) is 0 Å². The van der Waals surface area contributed by atoms with Crippen LogP contribution in [0.1, 0.15) is 41.9 Å². The minimum atomic E-state index is -0.0554. The number of carbonyl (C=O) groups excluding carboxylic acids is 1. The number of amides is 1. The Morgan fingerprint density at radius 3 is 2.81 bits per heavy atom. The highest BCUT2D eigenvalue weighted by atomic mass is 16.2. The molecular weight excluding hydrogens is 392 g/mol. The molecule has 3 aromatic heterocycles. The molecule has 0 radical (unpaired) electrons. The lowest BCUT2D eigenvalue weighted by Crippen LogP contribution is -2.24. The average Bonchev–Trinajstić information content (AvgIpc) is 3.38. The molecule has 1 N–H and O–H groups in total. The maximum atomic E-state index is 13.4. The van der Waals surface area contributed by atoms with E-state index in [2.05, 4.69) is 29.4 Å². The number of hydrogen-bond acceptors (Lipinski definition) is 7. The Hall–Kier alpha value is -3.33. The smallest absolute Gasteiger partial charge is 0.260 e. The summed E-state index contributed by atoms with van der Waals surface area (Å²) < 4.78 is 1.98. The van der Waals surface area contributed by atoms with Gasteiger partial charge in [0.05, 0.1) is 17.8 Å². The van der Waals surface area contributed by atoms with Crippen LogP contribution in [-0.2, 0) is 19.6 Å². The third kappa shape index (κ3) is 3.88. The first-order valence-corrected chi connectivity index (χ1v) is 10.6. The first-order valence-electron chi connectivity index (χ1n) is 10.6. The second kappa shape index (κ2) is 8.81. The van der Waals surface area contributed by atoms with Crippen molar-refractivity contribution in [3.63, 3.8) is 0 Å². The third-order valence-corrected chi connectivity index (χ3v) is 5.52. The number of carbonyl (C=O) groups is 1. The van der Waals surface area contributed by atoms with E-state index in [0.29, 0.717) is 36.0 Å². The Balaban J connectivity index is 1.71. The number of aryl methyl sites for hydroxylation is 1. The fraction of sp³-hybridized carbons (Fsp3) is 0.409. The number of aromatic nitrogens is 5. The molecule has 4 rings (SSSR count). The number of rotatable bonds is 8. The normalized spacial score (nSPS) is 13.0. The molecule has 0 unspecified atom stereocenters. The molecule has 4 heterocycles. The van der Waals surface area contributed by atoms with E-state index in [-0.39, 0.29) is 5.91 Å². The van der Waals surface area contributed by atoms with Gasteiger partial charge in [0, 0.05) is 32.2 Å². The Bertz CT molecular complexity index is 1090. The van der Waals surface area contributed by atoms with E-state index in [1.165, 1.54) is 0 Å². The zero-order valence-corrected chi connectivity index (χ0v) is 18.5. The summed E-state index contributed by atoms with van der Waals surface area (Å²) in [6, 6.07) is 7.55. The maximum Gasteiger partial charge on any atom is 0.260 e. The van der Waals surface area contributed by atoms with Crippen LogP contribution < -0.4 is 15.1 Å². The summed E-state index contributed by atoms with van der Waals surface area (Å²) in [6.45, 7) is 6.84. The van der Waals surface area contributed by atoms with Gasteiger partial charge in [-0.1, -0.05) is 13.0 Å². The van der Waals surface area contributed by atoms with Gasteiger partial charge in [-0.3, -0.25) is 9.69 Å². The molecule has 31 heavy (non-hydrogen) atoms. The lowest BCUT2D eigenvalue weighted by atomic mass is 10.1. The summed E-state index contributed by atoms with van der Waals surface area (Å²) in [5, 5.41) is 11.4. The Morgan fingerprint density at radius 1 is 1.23 bits per heavy atom. The zero-order chi connectivity index (χ0) is 22.0. The third-order valence-electron chi connectivity index (χ3n) is 5.52. The summed E-state index contributed by atoms with van der Waals surface area (Å²) in [4.78, 5) is 26.7. The molecule has 0 bridgehead atoms. The van der Waals surface area contributed by atoms with Crippen LogP contribution in [0.4, 0.5) is 11.6 Å². The van der Waals surface area contributed by atoms with Gasteiger partial charge in [-0.05, 0) is 38.6 Å².